The van der Waals surface area contributed by atoms with Gasteiger partial charge in [0.15, 0.2) is 0 Å². The molecule has 0 saturated heterocycles. The van der Waals surface area contributed by atoms with E-state index in [9.17, 15) is 0 Å². The van der Waals surface area contributed by atoms with E-state index in [0.29, 0.717) is 11.7 Å². The number of nitrogen functional groups attached to an aromatic ring is 1. The molecule has 1 heterocycles. The second kappa shape index (κ2) is 4.07. The van der Waals surface area contributed by atoms with Crippen LogP contribution < -0.4 is 5.73 Å². The normalized spacial score (nSPS) is 10.7. The first-order valence-electron chi connectivity index (χ1n) is 4.00. The van der Waals surface area contributed by atoms with Crippen LogP contribution in [0.1, 0.15) is 19.5 Å². The standard InChI is InChI=1S/C9H13IN2/c1-6(2)5-8-7(10)3-4-9(11)12-8/h3-4,6H,5H2,1-2H3,(H2,11,12). The Morgan fingerprint density at radius 3 is 2.75 bits per heavy atom. The topological polar surface area (TPSA) is 38.9 Å². The lowest BCUT2D eigenvalue weighted by molar-refractivity contribution is 0.634. The molecule has 0 aliphatic rings. The number of rotatable bonds is 2. The maximum atomic E-state index is 5.59. The molecule has 0 aliphatic heterocycles. The van der Waals surface area contributed by atoms with Gasteiger partial charge in [-0.2, -0.15) is 0 Å². The Labute approximate surface area is 86.7 Å². The summed E-state index contributed by atoms with van der Waals surface area (Å²) < 4.78 is 1.20. The zero-order chi connectivity index (χ0) is 9.14. The maximum Gasteiger partial charge on any atom is 0.123 e. The van der Waals surface area contributed by atoms with E-state index < -0.39 is 0 Å². The lowest BCUT2D eigenvalue weighted by Crippen LogP contribution is -2.02. The molecule has 0 spiro atoms. The molecule has 3 heteroatoms. The summed E-state index contributed by atoms with van der Waals surface area (Å²) in [4.78, 5) is 4.28. The van der Waals surface area contributed by atoms with Gasteiger partial charge in [-0.05, 0) is 47.1 Å². The van der Waals surface area contributed by atoms with Gasteiger partial charge in [0.05, 0.1) is 5.69 Å². The van der Waals surface area contributed by atoms with Crippen LogP contribution in [0.3, 0.4) is 0 Å². The number of pyridine rings is 1. The quantitative estimate of drug-likeness (QED) is 0.843. The van der Waals surface area contributed by atoms with Gasteiger partial charge < -0.3 is 5.73 Å². The average Bonchev–Trinajstić information content (AvgIpc) is 1.96. The monoisotopic (exact) mass is 276 g/mol. The van der Waals surface area contributed by atoms with Gasteiger partial charge in [-0.1, -0.05) is 13.8 Å². The van der Waals surface area contributed by atoms with E-state index in [1.807, 2.05) is 12.1 Å². The van der Waals surface area contributed by atoms with Crippen LogP contribution in [0.5, 0.6) is 0 Å². The van der Waals surface area contributed by atoms with Crippen LogP contribution in [0.4, 0.5) is 5.82 Å². The molecule has 0 atom stereocenters. The fraction of sp³-hybridized carbons (Fsp3) is 0.444. The predicted octanol–water partition coefficient (Wildman–Crippen LogP) is 2.47. The van der Waals surface area contributed by atoms with Crippen molar-refractivity contribution in [3.8, 4) is 0 Å². The Hall–Kier alpha value is -0.320. The smallest absolute Gasteiger partial charge is 0.123 e. The SMILES string of the molecule is CC(C)Cc1nc(N)ccc1I. The number of nitrogens with zero attached hydrogens (tertiary/aromatic N) is 1. The van der Waals surface area contributed by atoms with Crippen molar-refractivity contribution in [3.05, 3.63) is 21.4 Å². The van der Waals surface area contributed by atoms with Gasteiger partial charge in [0.2, 0.25) is 0 Å². The van der Waals surface area contributed by atoms with Crippen LogP contribution >= 0.6 is 22.6 Å². The van der Waals surface area contributed by atoms with Crippen molar-refractivity contribution in [1.29, 1.82) is 0 Å². The number of hydrogen-bond acceptors (Lipinski definition) is 2. The number of nitrogens with two attached hydrogens (primary N) is 1. The van der Waals surface area contributed by atoms with E-state index in [1.165, 1.54) is 3.57 Å². The number of aromatic nitrogens is 1. The first-order valence-corrected chi connectivity index (χ1v) is 5.08. The Balaban J connectivity index is 2.90. The van der Waals surface area contributed by atoms with E-state index >= 15 is 0 Å². The summed E-state index contributed by atoms with van der Waals surface area (Å²) in [5.74, 6) is 1.25. The van der Waals surface area contributed by atoms with Crippen LogP contribution in [-0.4, -0.2) is 4.98 Å². The van der Waals surface area contributed by atoms with E-state index in [-0.39, 0.29) is 0 Å². The van der Waals surface area contributed by atoms with Crippen molar-refractivity contribution >= 4 is 28.4 Å². The third kappa shape index (κ3) is 2.62. The summed E-state index contributed by atoms with van der Waals surface area (Å²) in [5.41, 5.74) is 6.71. The van der Waals surface area contributed by atoms with E-state index in [4.69, 9.17) is 5.73 Å². The Kier molecular flexibility index (Phi) is 3.31. The van der Waals surface area contributed by atoms with Crippen molar-refractivity contribution in [1.82, 2.24) is 4.98 Å². The molecule has 0 saturated carbocycles. The molecule has 1 rings (SSSR count). The molecular weight excluding hydrogens is 263 g/mol. The zero-order valence-corrected chi connectivity index (χ0v) is 9.50. The summed E-state index contributed by atoms with van der Waals surface area (Å²) in [6.45, 7) is 4.36. The Bertz CT molecular complexity index is 271. The maximum absolute atomic E-state index is 5.59. The molecule has 0 fully saturated rings. The second-order valence-electron chi connectivity index (χ2n) is 3.26. The molecule has 66 valence electrons. The molecular formula is C9H13IN2. The number of hydrogen-bond donors (Lipinski definition) is 1. The number of halogens is 1. The minimum atomic E-state index is 0.617. The summed E-state index contributed by atoms with van der Waals surface area (Å²) in [6.07, 6.45) is 1.00. The van der Waals surface area contributed by atoms with Gasteiger partial charge in [-0.15, -0.1) is 0 Å². The third-order valence-corrected chi connectivity index (χ3v) is 2.52. The highest BCUT2D eigenvalue weighted by molar-refractivity contribution is 14.1. The van der Waals surface area contributed by atoms with Gasteiger partial charge in [0.1, 0.15) is 5.82 Å². The molecule has 0 bridgehead atoms. The predicted molar refractivity (Wildman–Crippen MR) is 59.9 cm³/mol. The zero-order valence-electron chi connectivity index (χ0n) is 7.34. The van der Waals surface area contributed by atoms with E-state index in [2.05, 4.69) is 41.4 Å². The lowest BCUT2D eigenvalue weighted by atomic mass is 10.1. The van der Waals surface area contributed by atoms with Crippen molar-refractivity contribution < 1.29 is 0 Å². The van der Waals surface area contributed by atoms with Crippen LogP contribution in [-0.2, 0) is 6.42 Å². The van der Waals surface area contributed by atoms with Crippen molar-refractivity contribution in [2.45, 2.75) is 20.3 Å². The second-order valence-corrected chi connectivity index (χ2v) is 4.42. The van der Waals surface area contributed by atoms with Gasteiger partial charge >= 0.3 is 0 Å². The molecule has 12 heavy (non-hydrogen) atoms. The van der Waals surface area contributed by atoms with Gasteiger partial charge in [0.25, 0.3) is 0 Å². The molecule has 0 radical (unpaired) electrons. The average molecular weight is 276 g/mol. The largest absolute Gasteiger partial charge is 0.384 e. The Morgan fingerprint density at radius 2 is 2.17 bits per heavy atom. The Morgan fingerprint density at radius 1 is 1.50 bits per heavy atom. The van der Waals surface area contributed by atoms with Gasteiger partial charge in [0, 0.05) is 3.57 Å². The van der Waals surface area contributed by atoms with Crippen LogP contribution in [0.25, 0.3) is 0 Å². The van der Waals surface area contributed by atoms with Crippen LogP contribution in [0.2, 0.25) is 0 Å². The first-order chi connectivity index (χ1) is 5.59. The fourth-order valence-electron chi connectivity index (χ4n) is 1.03. The van der Waals surface area contributed by atoms with Gasteiger partial charge in [-0.3, -0.25) is 0 Å². The lowest BCUT2D eigenvalue weighted by Gasteiger charge is -2.06. The molecule has 0 aromatic carbocycles. The summed E-state index contributed by atoms with van der Waals surface area (Å²) in [7, 11) is 0. The minimum Gasteiger partial charge on any atom is -0.384 e. The summed E-state index contributed by atoms with van der Waals surface area (Å²) >= 11 is 2.29. The molecule has 0 amide bonds. The summed E-state index contributed by atoms with van der Waals surface area (Å²) in [6, 6.07) is 3.85. The van der Waals surface area contributed by atoms with Crippen molar-refractivity contribution in [3.63, 3.8) is 0 Å². The van der Waals surface area contributed by atoms with E-state index in [0.717, 1.165) is 12.1 Å². The van der Waals surface area contributed by atoms with Crippen LogP contribution in [0.15, 0.2) is 12.1 Å². The van der Waals surface area contributed by atoms with Crippen molar-refractivity contribution in [2.24, 2.45) is 5.92 Å². The van der Waals surface area contributed by atoms with Crippen LogP contribution in [0, 0.1) is 9.49 Å². The fourth-order valence-corrected chi connectivity index (χ4v) is 1.55. The van der Waals surface area contributed by atoms with E-state index in [1.54, 1.807) is 0 Å². The first kappa shape index (κ1) is 9.77. The molecule has 0 unspecified atom stereocenters. The molecule has 1 aromatic heterocycles. The van der Waals surface area contributed by atoms with Crippen molar-refractivity contribution in [2.75, 3.05) is 5.73 Å². The third-order valence-electron chi connectivity index (χ3n) is 1.54. The highest BCUT2D eigenvalue weighted by atomic mass is 127. The van der Waals surface area contributed by atoms with Gasteiger partial charge in [-0.25, -0.2) is 4.98 Å². The summed E-state index contributed by atoms with van der Waals surface area (Å²) in [5, 5.41) is 0. The molecule has 2 N–H and O–H groups in total. The minimum absolute atomic E-state index is 0.617. The molecule has 0 aliphatic carbocycles. The molecule has 1 aromatic rings. The molecule has 2 nitrogen and oxygen atoms in total. The number of anilines is 1. The highest BCUT2D eigenvalue weighted by Crippen LogP contribution is 2.15. The highest BCUT2D eigenvalue weighted by Gasteiger charge is 2.04.